The van der Waals surface area contributed by atoms with Gasteiger partial charge in [0.05, 0.1) is 6.61 Å². The van der Waals surface area contributed by atoms with Crippen molar-refractivity contribution in [1.82, 2.24) is 14.8 Å². The van der Waals surface area contributed by atoms with E-state index in [1.807, 2.05) is 18.2 Å². The molecule has 31 heavy (non-hydrogen) atoms. The molecule has 4 rings (SSSR count). The van der Waals surface area contributed by atoms with Gasteiger partial charge in [-0.05, 0) is 57.4 Å². The molecule has 0 radical (unpaired) electrons. The van der Waals surface area contributed by atoms with Gasteiger partial charge in [0.2, 0.25) is 0 Å². The summed E-state index contributed by atoms with van der Waals surface area (Å²) in [5.41, 5.74) is 1.28. The second kappa shape index (κ2) is 9.15. The standard InChI is InChI=1S/C24H33F2N3O2/c1-17-5-3-6-18(2)29(17)11-4-14-31-20-7-8-21-19(15-20)16-22(27-21)23(30)28-12-9-24(25,26)10-13-28/h7-8,15-18,27H,3-6,9-14H2,1-2H3/t17-,18+. The Morgan fingerprint density at radius 2 is 1.87 bits per heavy atom. The highest BCUT2D eigenvalue weighted by Crippen LogP contribution is 2.29. The van der Waals surface area contributed by atoms with Crippen LogP contribution in [0.15, 0.2) is 24.3 Å². The molecule has 1 aromatic heterocycles. The lowest BCUT2D eigenvalue weighted by molar-refractivity contribution is -0.0495. The normalized spacial score (nSPS) is 24.5. The number of ether oxygens (including phenoxy) is 1. The SMILES string of the molecule is C[C@@H]1CCC[C@H](C)N1CCCOc1ccc2[nH]c(C(=O)N3CCC(F)(F)CC3)cc2c1. The summed E-state index contributed by atoms with van der Waals surface area (Å²) in [6, 6.07) is 8.80. The Morgan fingerprint density at radius 1 is 1.16 bits per heavy atom. The first kappa shape index (κ1) is 22.1. The molecule has 2 aliphatic heterocycles. The van der Waals surface area contributed by atoms with Crippen LogP contribution in [0.25, 0.3) is 10.9 Å². The fourth-order valence-corrected chi connectivity index (χ4v) is 4.88. The van der Waals surface area contributed by atoms with Crippen LogP contribution in [0.1, 0.15) is 62.9 Å². The lowest BCUT2D eigenvalue weighted by Gasteiger charge is -2.39. The van der Waals surface area contributed by atoms with E-state index in [1.165, 1.54) is 24.2 Å². The third-order valence-electron chi connectivity index (χ3n) is 6.81. The molecule has 0 spiro atoms. The first-order valence-corrected chi connectivity index (χ1v) is 11.5. The van der Waals surface area contributed by atoms with Crippen LogP contribution in [0, 0.1) is 0 Å². The molecule has 3 heterocycles. The van der Waals surface area contributed by atoms with E-state index < -0.39 is 5.92 Å². The van der Waals surface area contributed by atoms with Gasteiger partial charge in [0.15, 0.2) is 0 Å². The molecule has 0 bridgehead atoms. The van der Waals surface area contributed by atoms with Crippen LogP contribution in [-0.2, 0) is 0 Å². The van der Waals surface area contributed by atoms with E-state index in [4.69, 9.17) is 4.74 Å². The second-order valence-corrected chi connectivity index (χ2v) is 9.15. The molecule has 1 aromatic carbocycles. The number of hydrogen-bond donors (Lipinski definition) is 1. The summed E-state index contributed by atoms with van der Waals surface area (Å²) < 4.78 is 32.7. The number of rotatable bonds is 6. The number of hydrogen-bond acceptors (Lipinski definition) is 3. The summed E-state index contributed by atoms with van der Waals surface area (Å²) >= 11 is 0. The number of fused-ring (bicyclic) bond motifs is 1. The zero-order valence-corrected chi connectivity index (χ0v) is 18.5. The number of H-pyrrole nitrogens is 1. The maximum atomic E-state index is 13.4. The number of piperidine rings is 2. The third kappa shape index (κ3) is 5.20. The van der Waals surface area contributed by atoms with Crippen LogP contribution in [0.2, 0.25) is 0 Å². The van der Waals surface area contributed by atoms with E-state index in [-0.39, 0.29) is 31.8 Å². The molecule has 7 heteroatoms. The third-order valence-corrected chi connectivity index (χ3v) is 6.81. The van der Waals surface area contributed by atoms with Crippen molar-refractivity contribution in [2.75, 3.05) is 26.2 Å². The number of likely N-dealkylation sites (tertiary alicyclic amines) is 2. The first-order valence-electron chi connectivity index (χ1n) is 11.5. The van der Waals surface area contributed by atoms with E-state index in [0.29, 0.717) is 24.4 Å². The number of amides is 1. The predicted molar refractivity (Wildman–Crippen MR) is 118 cm³/mol. The Labute approximate surface area is 182 Å². The number of aromatic amines is 1. The van der Waals surface area contributed by atoms with Gasteiger partial charge in [-0.25, -0.2) is 8.78 Å². The van der Waals surface area contributed by atoms with Crippen molar-refractivity contribution in [2.24, 2.45) is 0 Å². The molecular weight excluding hydrogens is 400 g/mol. The van der Waals surface area contributed by atoms with Crippen LogP contribution in [-0.4, -0.2) is 64.9 Å². The zero-order chi connectivity index (χ0) is 22.0. The average molecular weight is 434 g/mol. The minimum absolute atomic E-state index is 0.0871. The van der Waals surface area contributed by atoms with Crippen molar-refractivity contribution in [3.63, 3.8) is 0 Å². The summed E-state index contributed by atoms with van der Waals surface area (Å²) in [7, 11) is 0. The summed E-state index contributed by atoms with van der Waals surface area (Å²) in [6.45, 7) is 6.49. The molecule has 0 unspecified atom stereocenters. The number of carbonyl (C=O) groups excluding carboxylic acids is 1. The molecule has 2 aliphatic rings. The number of aromatic nitrogens is 1. The Hall–Kier alpha value is -2.15. The minimum atomic E-state index is -2.66. The quantitative estimate of drug-likeness (QED) is 0.647. The summed E-state index contributed by atoms with van der Waals surface area (Å²) in [5, 5.41) is 0.890. The van der Waals surface area contributed by atoms with Gasteiger partial charge in [-0.3, -0.25) is 9.69 Å². The lowest BCUT2D eigenvalue weighted by Crippen LogP contribution is -2.44. The molecule has 2 aromatic rings. The number of halogens is 2. The number of benzene rings is 1. The largest absolute Gasteiger partial charge is 0.494 e. The maximum absolute atomic E-state index is 13.4. The van der Waals surface area contributed by atoms with E-state index in [9.17, 15) is 13.6 Å². The molecule has 0 aliphatic carbocycles. The molecule has 2 atom stereocenters. The Morgan fingerprint density at radius 3 is 2.58 bits per heavy atom. The average Bonchev–Trinajstić information content (AvgIpc) is 3.16. The minimum Gasteiger partial charge on any atom is -0.494 e. The summed E-state index contributed by atoms with van der Waals surface area (Å²) in [6.07, 6.45) is 4.30. The molecule has 5 nitrogen and oxygen atoms in total. The summed E-state index contributed by atoms with van der Waals surface area (Å²) in [5.74, 6) is -2.10. The summed E-state index contributed by atoms with van der Waals surface area (Å²) in [4.78, 5) is 19.9. The Balaban J connectivity index is 1.32. The van der Waals surface area contributed by atoms with Crippen LogP contribution in [0.3, 0.4) is 0 Å². The number of nitrogens with one attached hydrogen (secondary N) is 1. The number of alkyl halides is 2. The smallest absolute Gasteiger partial charge is 0.270 e. The van der Waals surface area contributed by atoms with Crippen molar-refractivity contribution >= 4 is 16.8 Å². The monoisotopic (exact) mass is 433 g/mol. The van der Waals surface area contributed by atoms with Crippen molar-refractivity contribution in [1.29, 1.82) is 0 Å². The fraction of sp³-hybridized carbons (Fsp3) is 0.625. The predicted octanol–water partition coefficient (Wildman–Crippen LogP) is 5.07. The highest BCUT2D eigenvalue weighted by molar-refractivity contribution is 5.98. The molecular formula is C24H33F2N3O2. The molecule has 1 amide bonds. The molecule has 2 fully saturated rings. The van der Waals surface area contributed by atoms with Gasteiger partial charge in [-0.15, -0.1) is 0 Å². The molecule has 1 N–H and O–H groups in total. The van der Waals surface area contributed by atoms with E-state index in [2.05, 4.69) is 23.7 Å². The number of carbonyl (C=O) groups is 1. The van der Waals surface area contributed by atoms with E-state index >= 15 is 0 Å². The molecule has 0 saturated carbocycles. The van der Waals surface area contributed by atoms with Gasteiger partial charge in [0.1, 0.15) is 11.4 Å². The topological polar surface area (TPSA) is 48.6 Å². The van der Waals surface area contributed by atoms with Gasteiger partial charge < -0.3 is 14.6 Å². The van der Waals surface area contributed by atoms with Crippen molar-refractivity contribution in [2.45, 2.75) is 70.4 Å². The lowest BCUT2D eigenvalue weighted by atomic mass is 9.97. The van der Waals surface area contributed by atoms with Gasteiger partial charge >= 0.3 is 0 Å². The van der Waals surface area contributed by atoms with Crippen LogP contribution >= 0.6 is 0 Å². The van der Waals surface area contributed by atoms with Crippen LogP contribution < -0.4 is 4.74 Å². The zero-order valence-electron chi connectivity index (χ0n) is 18.5. The Kier molecular flexibility index (Phi) is 6.51. The van der Waals surface area contributed by atoms with Crippen molar-refractivity contribution in [3.8, 4) is 5.75 Å². The van der Waals surface area contributed by atoms with Crippen LogP contribution in [0.5, 0.6) is 5.75 Å². The van der Waals surface area contributed by atoms with Crippen LogP contribution in [0.4, 0.5) is 8.78 Å². The highest BCUT2D eigenvalue weighted by Gasteiger charge is 2.36. The van der Waals surface area contributed by atoms with Crippen molar-refractivity contribution in [3.05, 3.63) is 30.0 Å². The maximum Gasteiger partial charge on any atom is 0.270 e. The molecule has 170 valence electrons. The first-order chi connectivity index (χ1) is 14.8. The molecule has 2 saturated heterocycles. The van der Waals surface area contributed by atoms with Gasteiger partial charge in [0.25, 0.3) is 11.8 Å². The van der Waals surface area contributed by atoms with E-state index in [0.717, 1.165) is 29.6 Å². The Bertz CT molecular complexity index is 893. The van der Waals surface area contributed by atoms with Gasteiger partial charge in [0, 0.05) is 55.5 Å². The van der Waals surface area contributed by atoms with Gasteiger partial charge in [-0.1, -0.05) is 6.42 Å². The van der Waals surface area contributed by atoms with Gasteiger partial charge in [-0.2, -0.15) is 0 Å². The number of nitrogens with zero attached hydrogens (tertiary/aromatic N) is 2. The fourth-order valence-electron chi connectivity index (χ4n) is 4.88. The van der Waals surface area contributed by atoms with Crippen molar-refractivity contribution < 1.29 is 18.3 Å². The highest BCUT2D eigenvalue weighted by atomic mass is 19.3. The second-order valence-electron chi connectivity index (χ2n) is 9.15. The van der Waals surface area contributed by atoms with E-state index in [1.54, 1.807) is 6.07 Å².